The van der Waals surface area contributed by atoms with E-state index in [1.54, 1.807) is 37.8 Å². The minimum atomic E-state index is -0.130. The molecule has 1 aromatic carbocycles. The van der Waals surface area contributed by atoms with Crippen LogP contribution in [0.3, 0.4) is 0 Å². The highest BCUT2D eigenvalue weighted by Gasteiger charge is 2.06. The van der Waals surface area contributed by atoms with E-state index in [2.05, 4.69) is 20.6 Å². The molecule has 0 saturated heterocycles. The van der Waals surface area contributed by atoms with Crippen LogP contribution in [0.15, 0.2) is 67.1 Å². The number of ether oxygens (including phenoxy) is 1. The number of methoxy groups -OCH3 is 1. The molecule has 0 radical (unpaired) electrons. The van der Waals surface area contributed by atoms with Gasteiger partial charge in [-0.2, -0.15) is 0 Å². The van der Waals surface area contributed by atoms with Crippen LogP contribution in [0.1, 0.15) is 21.5 Å². The minimum absolute atomic E-state index is 0.130. The summed E-state index contributed by atoms with van der Waals surface area (Å²) >= 11 is 0. The molecule has 2 aromatic heterocycles. The third kappa shape index (κ3) is 5.54. The largest absolute Gasteiger partial charge is 0.497 e. The summed E-state index contributed by atoms with van der Waals surface area (Å²) in [6.45, 7) is 1.19. The maximum Gasteiger partial charge on any atom is 0.252 e. The molecule has 1 amide bonds. The molecule has 27 heavy (non-hydrogen) atoms. The number of amides is 1. The second-order valence-electron chi connectivity index (χ2n) is 6.00. The predicted octanol–water partition coefficient (Wildman–Crippen LogP) is 3.07. The molecule has 6 nitrogen and oxygen atoms in total. The van der Waals surface area contributed by atoms with E-state index < -0.39 is 0 Å². The molecule has 0 aliphatic rings. The first-order valence-corrected chi connectivity index (χ1v) is 8.74. The Morgan fingerprint density at radius 1 is 1.04 bits per heavy atom. The van der Waals surface area contributed by atoms with E-state index in [-0.39, 0.29) is 5.91 Å². The quantitative estimate of drug-likeness (QED) is 0.644. The fourth-order valence-corrected chi connectivity index (χ4v) is 2.54. The Balaban J connectivity index is 1.45. The number of nitrogens with one attached hydrogen (secondary N) is 2. The van der Waals surface area contributed by atoms with Crippen molar-refractivity contribution in [1.82, 2.24) is 15.3 Å². The number of pyridine rings is 2. The van der Waals surface area contributed by atoms with Crippen LogP contribution in [-0.2, 0) is 13.0 Å². The first kappa shape index (κ1) is 18.4. The third-order valence-electron chi connectivity index (χ3n) is 4.08. The highest BCUT2D eigenvalue weighted by Crippen LogP contribution is 2.11. The standard InChI is InChI=1S/C21H22N4O2/c1-27-19-7-4-16(5-8-19)10-12-23-21(26)18-6-9-20(25-15-18)24-14-17-3-2-11-22-13-17/h2-9,11,13,15H,10,12,14H2,1H3,(H,23,26)(H,24,25). The Hall–Kier alpha value is -3.41. The van der Waals surface area contributed by atoms with Crippen molar-refractivity contribution in [3.8, 4) is 5.75 Å². The zero-order valence-corrected chi connectivity index (χ0v) is 15.2. The van der Waals surface area contributed by atoms with Gasteiger partial charge in [-0.3, -0.25) is 9.78 Å². The molecule has 0 saturated carbocycles. The topological polar surface area (TPSA) is 76.1 Å². The lowest BCUT2D eigenvalue weighted by atomic mass is 10.1. The SMILES string of the molecule is COc1ccc(CCNC(=O)c2ccc(NCc3cccnc3)nc2)cc1. The van der Waals surface area contributed by atoms with Crippen molar-refractivity contribution >= 4 is 11.7 Å². The lowest BCUT2D eigenvalue weighted by Crippen LogP contribution is -2.25. The Kier molecular flexibility index (Phi) is 6.35. The molecule has 0 aliphatic heterocycles. The van der Waals surface area contributed by atoms with Gasteiger partial charge in [0.15, 0.2) is 0 Å². The molecule has 3 rings (SSSR count). The molecule has 0 aliphatic carbocycles. The molecule has 0 bridgehead atoms. The molecule has 0 fully saturated rings. The maximum atomic E-state index is 12.2. The van der Waals surface area contributed by atoms with E-state index in [1.807, 2.05) is 36.4 Å². The maximum absolute atomic E-state index is 12.2. The van der Waals surface area contributed by atoms with Crippen LogP contribution in [0.25, 0.3) is 0 Å². The van der Waals surface area contributed by atoms with Gasteiger partial charge in [0.05, 0.1) is 12.7 Å². The van der Waals surface area contributed by atoms with Crippen LogP contribution < -0.4 is 15.4 Å². The minimum Gasteiger partial charge on any atom is -0.497 e. The van der Waals surface area contributed by atoms with Gasteiger partial charge in [-0.25, -0.2) is 4.98 Å². The smallest absolute Gasteiger partial charge is 0.252 e. The Morgan fingerprint density at radius 3 is 2.56 bits per heavy atom. The van der Waals surface area contributed by atoms with E-state index in [1.165, 1.54) is 0 Å². The van der Waals surface area contributed by atoms with Gasteiger partial charge >= 0.3 is 0 Å². The van der Waals surface area contributed by atoms with Gasteiger partial charge < -0.3 is 15.4 Å². The molecule has 0 atom stereocenters. The number of carbonyl (C=O) groups excluding carboxylic acids is 1. The number of aromatic nitrogens is 2. The summed E-state index contributed by atoms with van der Waals surface area (Å²) in [5.74, 6) is 1.41. The van der Waals surface area contributed by atoms with E-state index in [4.69, 9.17) is 4.74 Å². The first-order valence-electron chi connectivity index (χ1n) is 8.74. The predicted molar refractivity (Wildman–Crippen MR) is 105 cm³/mol. The van der Waals surface area contributed by atoms with Crippen molar-refractivity contribution in [3.05, 3.63) is 83.8 Å². The Labute approximate surface area is 158 Å². The van der Waals surface area contributed by atoms with Gasteiger partial charge in [0.2, 0.25) is 0 Å². The fourth-order valence-electron chi connectivity index (χ4n) is 2.54. The van der Waals surface area contributed by atoms with Gasteiger partial charge in [0.25, 0.3) is 5.91 Å². The van der Waals surface area contributed by atoms with Crippen molar-refractivity contribution in [1.29, 1.82) is 0 Å². The Morgan fingerprint density at radius 2 is 1.89 bits per heavy atom. The van der Waals surface area contributed by atoms with Crippen molar-refractivity contribution < 1.29 is 9.53 Å². The molecule has 0 spiro atoms. The lowest BCUT2D eigenvalue weighted by molar-refractivity contribution is 0.0954. The van der Waals surface area contributed by atoms with Crippen molar-refractivity contribution in [2.75, 3.05) is 19.0 Å². The molecule has 2 N–H and O–H groups in total. The van der Waals surface area contributed by atoms with E-state index in [9.17, 15) is 4.79 Å². The van der Waals surface area contributed by atoms with Crippen LogP contribution >= 0.6 is 0 Å². The average molecular weight is 362 g/mol. The number of anilines is 1. The van der Waals surface area contributed by atoms with Gasteiger partial charge in [-0.05, 0) is 47.9 Å². The number of hydrogen-bond donors (Lipinski definition) is 2. The van der Waals surface area contributed by atoms with Gasteiger partial charge in [0.1, 0.15) is 11.6 Å². The summed E-state index contributed by atoms with van der Waals surface area (Å²) in [6.07, 6.45) is 5.88. The molecular formula is C21H22N4O2. The van der Waals surface area contributed by atoms with Crippen LogP contribution in [-0.4, -0.2) is 29.5 Å². The average Bonchev–Trinajstić information content (AvgIpc) is 2.74. The Bertz CT molecular complexity index is 850. The number of nitrogens with zero attached hydrogens (tertiary/aromatic N) is 2. The van der Waals surface area contributed by atoms with E-state index >= 15 is 0 Å². The highest BCUT2D eigenvalue weighted by molar-refractivity contribution is 5.94. The van der Waals surface area contributed by atoms with Gasteiger partial charge in [0, 0.05) is 31.7 Å². The summed E-state index contributed by atoms with van der Waals surface area (Å²) in [6, 6.07) is 15.3. The van der Waals surface area contributed by atoms with Crippen molar-refractivity contribution in [2.24, 2.45) is 0 Å². The summed E-state index contributed by atoms with van der Waals surface area (Å²) < 4.78 is 5.14. The third-order valence-corrected chi connectivity index (χ3v) is 4.08. The van der Waals surface area contributed by atoms with E-state index in [0.717, 1.165) is 23.3 Å². The summed E-state index contributed by atoms with van der Waals surface area (Å²) in [7, 11) is 1.64. The number of hydrogen-bond acceptors (Lipinski definition) is 5. The molecule has 0 unspecified atom stereocenters. The molecule has 2 heterocycles. The number of benzene rings is 1. The van der Waals surface area contributed by atoms with Crippen molar-refractivity contribution in [3.63, 3.8) is 0 Å². The van der Waals surface area contributed by atoms with Gasteiger partial charge in [-0.15, -0.1) is 0 Å². The summed E-state index contributed by atoms with van der Waals surface area (Å²) in [5.41, 5.74) is 2.75. The van der Waals surface area contributed by atoms with Crippen LogP contribution in [0, 0.1) is 0 Å². The van der Waals surface area contributed by atoms with E-state index in [0.29, 0.717) is 24.5 Å². The highest BCUT2D eigenvalue weighted by atomic mass is 16.5. The molecule has 3 aromatic rings. The summed E-state index contributed by atoms with van der Waals surface area (Å²) in [5, 5.41) is 6.12. The van der Waals surface area contributed by atoms with Crippen molar-refractivity contribution in [2.45, 2.75) is 13.0 Å². The first-order chi connectivity index (χ1) is 13.2. The van der Waals surface area contributed by atoms with Gasteiger partial charge in [-0.1, -0.05) is 18.2 Å². The second kappa shape index (κ2) is 9.33. The monoisotopic (exact) mass is 362 g/mol. The fraction of sp³-hybridized carbons (Fsp3) is 0.190. The number of carbonyl (C=O) groups is 1. The molecular weight excluding hydrogens is 340 g/mol. The van der Waals surface area contributed by atoms with Crippen LogP contribution in [0.2, 0.25) is 0 Å². The molecule has 138 valence electrons. The zero-order valence-electron chi connectivity index (χ0n) is 15.2. The zero-order chi connectivity index (χ0) is 18.9. The van der Waals surface area contributed by atoms with Crippen LogP contribution in [0.5, 0.6) is 5.75 Å². The number of rotatable bonds is 8. The second-order valence-corrected chi connectivity index (χ2v) is 6.00. The lowest BCUT2D eigenvalue weighted by Gasteiger charge is -2.08. The van der Waals surface area contributed by atoms with Crippen LogP contribution in [0.4, 0.5) is 5.82 Å². The summed E-state index contributed by atoms with van der Waals surface area (Å²) in [4.78, 5) is 20.6. The normalized spacial score (nSPS) is 10.3. The molecule has 6 heteroatoms.